The quantitative estimate of drug-likeness (QED) is 0.520. The van der Waals surface area contributed by atoms with Gasteiger partial charge in [0, 0.05) is 11.9 Å². The molecule has 1 unspecified atom stereocenters. The van der Waals surface area contributed by atoms with Crippen LogP contribution in [0, 0.1) is 0 Å². The van der Waals surface area contributed by atoms with E-state index < -0.39 is 0 Å². The van der Waals surface area contributed by atoms with Gasteiger partial charge in [-0.25, -0.2) is 0 Å². The molecule has 0 aromatic heterocycles. The van der Waals surface area contributed by atoms with Crippen LogP contribution < -0.4 is 9.47 Å². The normalized spacial score (nSPS) is 18.2. The number of ether oxygens (including phenoxy) is 3. The predicted octanol–water partition coefficient (Wildman–Crippen LogP) is 4.32. The van der Waals surface area contributed by atoms with E-state index in [1.165, 1.54) is 18.4 Å². The monoisotopic (exact) mass is 342 g/mol. The van der Waals surface area contributed by atoms with Gasteiger partial charge in [-0.05, 0) is 50.3 Å². The Balaban J connectivity index is 1.81. The van der Waals surface area contributed by atoms with E-state index in [4.69, 9.17) is 14.2 Å². The summed E-state index contributed by atoms with van der Waals surface area (Å²) >= 11 is 3.46. The van der Waals surface area contributed by atoms with Crippen molar-refractivity contribution >= 4 is 15.9 Å². The standard InChI is InChI=1S/C16H23BrO3/c1-2-18-16-11-13(12-17)7-8-15(16)20-10-4-6-14-5-3-9-19-14/h7-8,11,14H,2-6,9-10,12H2,1H3. The largest absolute Gasteiger partial charge is 0.490 e. The fourth-order valence-corrected chi connectivity index (χ4v) is 2.74. The summed E-state index contributed by atoms with van der Waals surface area (Å²) in [6.45, 7) is 4.28. The van der Waals surface area contributed by atoms with E-state index in [1.807, 2.05) is 19.1 Å². The van der Waals surface area contributed by atoms with Crippen molar-refractivity contribution in [3.05, 3.63) is 23.8 Å². The Labute approximate surface area is 129 Å². The Morgan fingerprint density at radius 3 is 2.90 bits per heavy atom. The highest BCUT2D eigenvalue weighted by Gasteiger charge is 2.15. The molecule has 1 fully saturated rings. The SMILES string of the molecule is CCOc1cc(CBr)ccc1OCCCC1CCCO1. The second kappa shape index (κ2) is 8.53. The molecule has 2 rings (SSSR count). The van der Waals surface area contributed by atoms with Crippen molar-refractivity contribution in [3.8, 4) is 11.5 Å². The first kappa shape index (κ1) is 15.6. The van der Waals surface area contributed by atoms with E-state index in [0.29, 0.717) is 19.3 Å². The molecule has 0 bridgehead atoms. The highest BCUT2D eigenvalue weighted by atomic mass is 79.9. The number of benzene rings is 1. The Morgan fingerprint density at radius 2 is 2.20 bits per heavy atom. The summed E-state index contributed by atoms with van der Waals surface area (Å²) in [5, 5.41) is 0.826. The molecule has 0 saturated carbocycles. The molecule has 3 nitrogen and oxygen atoms in total. The first-order valence-electron chi connectivity index (χ1n) is 7.39. The maximum Gasteiger partial charge on any atom is 0.161 e. The van der Waals surface area contributed by atoms with Gasteiger partial charge >= 0.3 is 0 Å². The lowest BCUT2D eigenvalue weighted by Crippen LogP contribution is -2.08. The molecule has 1 heterocycles. The second-order valence-electron chi connectivity index (χ2n) is 4.97. The summed E-state index contributed by atoms with van der Waals surface area (Å²) in [6, 6.07) is 6.09. The smallest absolute Gasteiger partial charge is 0.161 e. The highest BCUT2D eigenvalue weighted by Crippen LogP contribution is 2.29. The van der Waals surface area contributed by atoms with Gasteiger partial charge in [0.15, 0.2) is 11.5 Å². The van der Waals surface area contributed by atoms with Crippen molar-refractivity contribution in [1.29, 1.82) is 0 Å². The number of hydrogen-bond donors (Lipinski definition) is 0. The number of halogens is 1. The van der Waals surface area contributed by atoms with Gasteiger partial charge in [0.25, 0.3) is 0 Å². The zero-order valence-electron chi connectivity index (χ0n) is 12.1. The van der Waals surface area contributed by atoms with Gasteiger partial charge < -0.3 is 14.2 Å². The minimum atomic E-state index is 0.445. The molecule has 20 heavy (non-hydrogen) atoms. The van der Waals surface area contributed by atoms with Crippen LogP contribution in [0.5, 0.6) is 11.5 Å². The zero-order valence-corrected chi connectivity index (χ0v) is 13.7. The van der Waals surface area contributed by atoms with E-state index in [-0.39, 0.29) is 0 Å². The van der Waals surface area contributed by atoms with Crippen molar-refractivity contribution in [2.45, 2.75) is 44.0 Å². The zero-order chi connectivity index (χ0) is 14.2. The molecule has 112 valence electrons. The minimum absolute atomic E-state index is 0.445. The Morgan fingerprint density at radius 1 is 1.30 bits per heavy atom. The summed E-state index contributed by atoms with van der Waals surface area (Å²) in [6.07, 6.45) is 4.96. The summed E-state index contributed by atoms with van der Waals surface area (Å²) in [4.78, 5) is 0. The predicted molar refractivity (Wildman–Crippen MR) is 83.9 cm³/mol. The molecule has 1 aromatic carbocycles. The van der Waals surface area contributed by atoms with Crippen molar-refractivity contribution in [2.24, 2.45) is 0 Å². The lowest BCUT2D eigenvalue weighted by atomic mass is 10.1. The molecular weight excluding hydrogens is 320 g/mol. The van der Waals surface area contributed by atoms with Gasteiger partial charge in [-0.2, -0.15) is 0 Å². The Hall–Kier alpha value is -0.740. The third-order valence-corrected chi connectivity index (χ3v) is 4.06. The average molecular weight is 343 g/mol. The third kappa shape index (κ3) is 4.67. The minimum Gasteiger partial charge on any atom is -0.490 e. The molecular formula is C16H23BrO3. The first-order chi connectivity index (χ1) is 9.83. The van der Waals surface area contributed by atoms with Gasteiger partial charge in [-0.15, -0.1) is 0 Å². The second-order valence-corrected chi connectivity index (χ2v) is 5.53. The van der Waals surface area contributed by atoms with Crippen molar-refractivity contribution in [3.63, 3.8) is 0 Å². The highest BCUT2D eigenvalue weighted by molar-refractivity contribution is 9.08. The average Bonchev–Trinajstić information content (AvgIpc) is 2.98. The van der Waals surface area contributed by atoms with E-state index in [2.05, 4.69) is 22.0 Å². The van der Waals surface area contributed by atoms with Gasteiger partial charge in [-0.1, -0.05) is 22.0 Å². The van der Waals surface area contributed by atoms with Crippen molar-refractivity contribution in [1.82, 2.24) is 0 Å². The molecule has 0 aliphatic carbocycles. The van der Waals surface area contributed by atoms with Gasteiger partial charge in [0.2, 0.25) is 0 Å². The lowest BCUT2D eigenvalue weighted by molar-refractivity contribution is 0.0979. The van der Waals surface area contributed by atoms with Crippen LogP contribution in [0.2, 0.25) is 0 Å². The van der Waals surface area contributed by atoms with Crippen molar-refractivity contribution in [2.75, 3.05) is 19.8 Å². The lowest BCUT2D eigenvalue weighted by Gasteiger charge is -2.14. The molecule has 0 radical (unpaired) electrons. The number of alkyl halides is 1. The van der Waals surface area contributed by atoms with Crippen LogP contribution in [0.3, 0.4) is 0 Å². The van der Waals surface area contributed by atoms with E-state index in [9.17, 15) is 0 Å². The molecule has 1 aliphatic heterocycles. The fourth-order valence-electron chi connectivity index (χ4n) is 2.39. The molecule has 4 heteroatoms. The first-order valence-corrected chi connectivity index (χ1v) is 8.51. The van der Waals surface area contributed by atoms with E-state index in [0.717, 1.165) is 36.3 Å². The van der Waals surface area contributed by atoms with Crippen LogP contribution in [-0.2, 0) is 10.1 Å². The topological polar surface area (TPSA) is 27.7 Å². The van der Waals surface area contributed by atoms with Crippen LogP contribution in [0.15, 0.2) is 18.2 Å². The third-order valence-electron chi connectivity index (χ3n) is 3.41. The van der Waals surface area contributed by atoms with Crippen LogP contribution in [0.1, 0.15) is 38.2 Å². The Bertz CT molecular complexity index is 403. The maximum atomic E-state index is 5.85. The molecule has 0 N–H and O–H groups in total. The number of rotatable bonds is 8. The summed E-state index contributed by atoms with van der Waals surface area (Å²) in [5.74, 6) is 1.67. The molecule has 0 spiro atoms. The van der Waals surface area contributed by atoms with Gasteiger partial charge in [-0.3, -0.25) is 0 Å². The van der Waals surface area contributed by atoms with Crippen LogP contribution >= 0.6 is 15.9 Å². The van der Waals surface area contributed by atoms with Crippen LogP contribution in [0.4, 0.5) is 0 Å². The summed E-state index contributed by atoms with van der Waals surface area (Å²) in [7, 11) is 0. The summed E-state index contributed by atoms with van der Waals surface area (Å²) < 4.78 is 17.1. The van der Waals surface area contributed by atoms with Crippen molar-refractivity contribution < 1.29 is 14.2 Å². The maximum absolute atomic E-state index is 5.85. The van der Waals surface area contributed by atoms with Crippen LogP contribution in [-0.4, -0.2) is 25.9 Å². The number of hydrogen-bond acceptors (Lipinski definition) is 3. The molecule has 1 aromatic rings. The molecule has 1 saturated heterocycles. The van der Waals surface area contributed by atoms with Gasteiger partial charge in [0.05, 0.1) is 19.3 Å². The molecule has 0 amide bonds. The fraction of sp³-hybridized carbons (Fsp3) is 0.625. The molecule has 1 atom stereocenters. The summed E-state index contributed by atoms with van der Waals surface area (Å²) in [5.41, 5.74) is 1.19. The van der Waals surface area contributed by atoms with Crippen LogP contribution in [0.25, 0.3) is 0 Å². The van der Waals surface area contributed by atoms with E-state index in [1.54, 1.807) is 0 Å². The Kier molecular flexibility index (Phi) is 6.67. The van der Waals surface area contributed by atoms with E-state index >= 15 is 0 Å². The van der Waals surface area contributed by atoms with Gasteiger partial charge in [0.1, 0.15) is 0 Å². The molecule has 1 aliphatic rings.